The van der Waals surface area contributed by atoms with E-state index in [1.54, 1.807) is 0 Å². The first-order valence-electron chi connectivity index (χ1n) is 7.74. The molecule has 1 aromatic rings. The average Bonchev–Trinajstić information content (AvgIpc) is 2.46. The van der Waals surface area contributed by atoms with Crippen molar-refractivity contribution in [2.75, 3.05) is 24.3 Å². The third-order valence-electron chi connectivity index (χ3n) is 4.55. The molecule has 4 heteroatoms. The van der Waals surface area contributed by atoms with E-state index in [2.05, 4.69) is 54.1 Å². The first kappa shape index (κ1) is 15.1. The van der Waals surface area contributed by atoms with Gasteiger partial charge < -0.3 is 10.2 Å². The van der Waals surface area contributed by atoms with Gasteiger partial charge in [0.05, 0.1) is 0 Å². The molecule has 1 aliphatic carbocycles. The van der Waals surface area contributed by atoms with Gasteiger partial charge in [-0.2, -0.15) is 0 Å². The zero-order valence-electron chi connectivity index (χ0n) is 13.5. The maximum atomic E-state index is 4.69. The number of hydrogen-bond acceptors (Lipinski definition) is 4. The van der Waals surface area contributed by atoms with E-state index in [1.807, 2.05) is 7.05 Å². The third kappa shape index (κ3) is 3.41. The Hall–Kier alpha value is -1.32. The molecule has 4 nitrogen and oxygen atoms in total. The second-order valence-electron chi connectivity index (χ2n) is 6.64. The average molecular weight is 276 g/mol. The van der Waals surface area contributed by atoms with Gasteiger partial charge in [0.2, 0.25) is 0 Å². The fraction of sp³-hybridized carbons (Fsp3) is 0.750. The van der Waals surface area contributed by atoms with Gasteiger partial charge in [-0.1, -0.05) is 20.8 Å². The molecule has 0 aliphatic heterocycles. The van der Waals surface area contributed by atoms with Gasteiger partial charge >= 0.3 is 0 Å². The van der Waals surface area contributed by atoms with Crippen LogP contribution < -0.4 is 10.2 Å². The first-order chi connectivity index (χ1) is 9.45. The van der Waals surface area contributed by atoms with E-state index in [4.69, 9.17) is 0 Å². The number of rotatable bonds is 4. The topological polar surface area (TPSA) is 41.1 Å². The van der Waals surface area contributed by atoms with E-state index < -0.39 is 0 Å². The molecular formula is C16H28N4. The van der Waals surface area contributed by atoms with Crippen LogP contribution in [0.5, 0.6) is 0 Å². The van der Waals surface area contributed by atoms with Crippen LogP contribution in [0.1, 0.15) is 52.3 Å². The SMILES string of the molecule is CCc1nc(NC)cc(N(C)C2CCC(C)(C)CC2)n1. The highest BCUT2D eigenvalue weighted by molar-refractivity contribution is 5.49. The second kappa shape index (κ2) is 5.98. The largest absolute Gasteiger partial charge is 0.373 e. The van der Waals surface area contributed by atoms with Crippen LogP contribution in [0.15, 0.2) is 6.07 Å². The molecule has 0 atom stereocenters. The smallest absolute Gasteiger partial charge is 0.134 e. The van der Waals surface area contributed by atoms with Gasteiger partial charge in [-0.05, 0) is 31.1 Å². The van der Waals surface area contributed by atoms with Crippen LogP contribution in [-0.4, -0.2) is 30.1 Å². The lowest BCUT2D eigenvalue weighted by atomic mass is 9.75. The van der Waals surface area contributed by atoms with Crippen LogP contribution in [0.2, 0.25) is 0 Å². The summed E-state index contributed by atoms with van der Waals surface area (Å²) in [6, 6.07) is 2.66. The first-order valence-corrected chi connectivity index (χ1v) is 7.74. The molecule has 0 bridgehead atoms. The Morgan fingerprint density at radius 3 is 2.50 bits per heavy atom. The summed E-state index contributed by atoms with van der Waals surface area (Å²) >= 11 is 0. The molecule has 0 spiro atoms. The van der Waals surface area contributed by atoms with Crippen LogP contribution in [0, 0.1) is 5.41 Å². The second-order valence-corrected chi connectivity index (χ2v) is 6.64. The van der Waals surface area contributed by atoms with Crippen LogP contribution in [0.4, 0.5) is 11.6 Å². The van der Waals surface area contributed by atoms with Gasteiger partial charge in [0.25, 0.3) is 0 Å². The number of hydrogen-bond donors (Lipinski definition) is 1. The third-order valence-corrected chi connectivity index (χ3v) is 4.55. The molecule has 0 aromatic carbocycles. The molecule has 1 saturated carbocycles. The lowest BCUT2D eigenvalue weighted by molar-refractivity contribution is 0.222. The Balaban J connectivity index is 2.14. The zero-order valence-corrected chi connectivity index (χ0v) is 13.5. The highest BCUT2D eigenvalue weighted by atomic mass is 15.2. The molecule has 2 rings (SSSR count). The molecule has 1 aliphatic rings. The van der Waals surface area contributed by atoms with E-state index in [1.165, 1.54) is 25.7 Å². The quantitative estimate of drug-likeness (QED) is 0.914. The van der Waals surface area contributed by atoms with Gasteiger partial charge in [0.1, 0.15) is 17.5 Å². The molecule has 1 aromatic heterocycles. The van der Waals surface area contributed by atoms with Crippen LogP contribution in [0.3, 0.4) is 0 Å². The highest BCUT2D eigenvalue weighted by Gasteiger charge is 2.29. The van der Waals surface area contributed by atoms with Gasteiger partial charge in [-0.25, -0.2) is 9.97 Å². The number of aromatic nitrogens is 2. The Bertz CT molecular complexity index is 424. The predicted octanol–water partition coefficient (Wildman–Crippen LogP) is 3.49. The summed E-state index contributed by atoms with van der Waals surface area (Å²) in [4.78, 5) is 11.5. The molecule has 0 saturated heterocycles. The fourth-order valence-corrected chi connectivity index (χ4v) is 2.91. The molecule has 1 N–H and O–H groups in total. The minimum atomic E-state index is 0.508. The Kier molecular flexibility index (Phi) is 4.51. The van der Waals surface area contributed by atoms with Gasteiger partial charge in [-0.15, -0.1) is 0 Å². The zero-order chi connectivity index (χ0) is 14.8. The maximum absolute atomic E-state index is 4.69. The summed E-state index contributed by atoms with van der Waals surface area (Å²) in [5, 5.41) is 3.14. The maximum Gasteiger partial charge on any atom is 0.134 e. The molecule has 1 heterocycles. The predicted molar refractivity (Wildman–Crippen MR) is 85.4 cm³/mol. The highest BCUT2D eigenvalue weighted by Crippen LogP contribution is 2.37. The summed E-state index contributed by atoms with van der Waals surface area (Å²) in [6.07, 6.45) is 5.97. The summed E-state index contributed by atoms with van der Waals surface area (Å²) in [6.45, 7) is 6.85. The standard InChI is InChI=1S/C16H28N4/c1-6-13-18-14(17-4)11-15(19-13)20(5)12-7-9-16(2,3)10-8-12/h11-12H,6-10H2,1-5H3,(H,17,18,19). The normalized spacial score (nSPS) is 18.9. The van der Waals surface area contributed by atoms with E-state index in [-0.39, 0.29) is 0 Å². The van der Waals surface area contributed by atoms with Crippen molar-refractivity contribution >= 4 is 11.6 Å². The van der Waals surface area contributed by atoms with E-state index in [9.17, 15) is 0 Å². The minimum Gasteiger partial charge on any atom is -0.373 e. The summed E-state index contributed by atoms with van der Waals surface area (Å²) in [7, 11) is 4.08. The summed E-state index contributed by atoms with van der Waals surface area (Å²) < 4.78 is 0. The van der Waals surface area contributed by atoms with Crippen molar-refractivity contribution in [3.63, 3.8) is 0 Å². The van der Waals surface area contributed by atoms with Crippen molar-refractivity contribution in [3.05, 3.63) is 11.9 Å². The molecule has 1 fully saturated rings. The lowest BCUT2D eigenvalue weighted by Gasteiger charge is -2.39. The fourth-order valence-electron chi connectivity index (χ4n) is 2.91. The number of nitrogens with zero attached hydrogens (tertiary/aromatic N) is 3. The van der Waals surface area contributed by atoms with Crippen molar-refractivity contribution in [3.8, 4) is 0 Å². The van der Waals surface area contributed by atoms with E-state index in [0.29, 0.717) is 11.5 Å². The van der Waals surface area contributed by atoms with Gasteiger partial charge in [-0.3, -0.25) is 0 Å². The summed E-state index contributed by atoms with van der Waals surface area (Å²) in [5.74, 6) is 2.87. The Morgan fingerprint density at radius 2 is 1.95 bits per heavy atom. The number of anilines is 2. The van der Waals surface area contributed by atoms with Crippen LogP contribution in [-0.2, 0) is 6.42 Å². The molecular weight excluding hydrogens is 248 g/mol. The van der Waals surface area contributed by atoms with Crippen molar-refractivity contribution < 1.29 is 0 Å². The van der Waals surface area contributed by atoms with Crippen molar-refractivity contribution in [1.82, 2.24) is 9.97 Å². The van der Waals surface area contributed by atoms with Crippen molar-refractivity contribution in [2.24, 2.45) is 5.41 Å². The monoisotopic (exact) mass is 276 g/mol. The van der Waals surface area contributed by atoms with Crippen molar-refractivity contribution in [2.45, 2.75) is 58.9 Å². The number of aryl methyl sites for hydroxylation is 1. The van der Waals surface area contributed by atoms with Crippen molar-refractivity contribution in [1.29, 1.82) is 0 Å². The minimum absolute atomic E-state index is 0.508. The molecule has 0 amide bonds. The molecule has 20 heavy (non-hydrogen) atoms. The number of nitrogens with one attached hydrogen (secondary N) is 1. The summed E-state index contributed by atoms with van der Waals surface area (Å²) in [5.41, 5.74) is 0.508. The van der Waals surface area contributed by atoms with Gasteiger partial charge in [0, 0.05) is 32.6 Å². The van der Waals surface area contributed by atoms with E-state index in [0.717, 1.165) is 23.9 Å². The Morgan fingerprint density at radius 1 is 1.30 bits per heavy atom. The molecule has 112 valence electrons. The van der Waals surface area contributed by atoms with Crippen LogP contribution in [0.25, 0.3) is 0 Å². The lowest BCUT2D eigenvalue weighted by Crippen LogP contribution is -2.37. The molecule has 0 unspecified atom stereocenters. The van der Waals surface area contributed by atoms with Crippen LogP contribution >= 0.6 is 0 Å². The van der Waals surface area contributed by atoms with E-state index >= 15 is 0 Å². The van der Waals surface area contributed by atoms with Gasteiger partial charge in [0.15, 0.2) is 0 Å². The molecule has 0 radical (unpaired) electrons. The Labute approximate surface area is 123 Å².